The van der Waals surface area contributed by atoms with E-state index in [1.165, 1.54) is 89.9 Å². The summed E-state index contributed by atoms with van der Waals surface area (Å²) in [6, 6.07) is 0. The van der Waals surface area contributed by atoms with Crippen molar-refractivity contribution in [3.63, 3.8) is 0 Å². The third kappa shape index (κ3) is 51.4. The molecule has 0 bridgehead atoms. The number of hydrogen-bond acceptors (Lipinski definition) is 6. The zero-order chi connectivity index (χ0) is 47.2. The van der Waals surface area contributed by atoms with Gasteiger partial charge in [0.15, 0.2) is 6.10 Å². The van der Waals surface area contributed by atoms with Crippen LogP contribution in [0.4, 0.5) is 0 Å². The second kappa shape index (κ2) is 53.2. The van der Waals surface area contributed by atoms with E-state index in [2.05, 4.69) is 106 Å². The summed E-state index contributed by atoms with van der Waals surface area (Å²) in [6.45, 7) is 6.38. The van der Waals surface area contributed by atoms with E-state index in [-0.39, 0.29) is 31.1 Å². The lowest BCUT2D eigenvalue weighted by molar-refractivity contribution is -0.167. The number of allylic oxidation sites excluding steroid dienone is 14. The van der Waals surface area contributed by atoms with E-state index in [0.717, 1.165) is 122 Å². The van der Waals surface area contributed by atoms with E-state index in [9.17, 15) is 14.4 Å². The number of carbonyl (C=O) groups is 3. The first-order valence-electron chi connectivity index (χ1n) is 27.1. The Morgan fingerprint density at radius 1 is 0.323 bits per heavy atom. The first kappa shape index (κ1) is 61.6. The average molecular weight is 905 g/mol. The topological polar surface area (TPSA) is 78.9 Å². The lowest BCUT2D eigenvalue weighted by Crippen LogP contribution is -2.30. The third-order valence-corrected chi connectivity index (χ3v) is 11.4. The highest BCUT2D eigenvalue weighted by Gasteiger charge is 2.19. The standard InChI is InChI=1S/C59H100O6/c1-4-7-10-13-16-19-22-25-27-29-31-34-37-40-43-46-49-52-58(61)64-55-56(54-63-57(60)51-48-45-42-39-36-33-24-21-18-15-12-9-6-3)65-59(62)53-50-47-44-41-38-35-32-30-28-26-23-20-17-14-11-8-5-2/h7,9-10,12,16,18-19,21,25,27,31,33-34,36,56H,4-6,8,11,13-15,17,20,22-24,26,28-30,32,35,37-55H2,1-3H3/b10-7-,12-9-,19-16-,21-18-,27-25-,34-31-,36-33-. The van der Waals surface area contributed by atoms with Crippen LogP contribution in [-0.4, -0.2) is 37.2 Å². The fourth-order valence-electron chi connectivity index (χ4n) is 7.39. The van der Waals surface area contributed by atoms with Crippen LogP contribution in [0.1, 0.15) is 252 Å². The average Bonchev–Trinajstić information content (AvgIpc) is 3.30. The number of esters is 3. The third-order valence-electron chi connectivity index (χ3n) is 11.4. The van der Waals surface area contributed by atoms with Crippen LogP contribution >= 0.6 is 0 Å². The molecule has 0 saturated heterocycles. The summed E-state index contributed by atoms with van der Waals surface area (Å²) in [6.07, 6.45) is 68.6. The van der Waals surface area contributed by atoms with Crippen molar-refractivity contribution in [3.8, 4) is 0 Å². The van der Waals surface area contributed by atoms with E-state index in [0.29, 0.717) is 19.3 Å². The van der Waals surface area contributed by atoms with Gasteiger partial charge in [0.1, 0.15) is 13.2 Å². The number of carbonyl (C=O) groups excluding carboxylic acids is 3. The summed E-state index contributed by atoms with van der Waals surface area (Å²) in [5.41, 5.74) is 0. The Labute approximate surface area is 401 Å². The smallest absolute Gasteiger partial charge is 0.306 e. The zero-order valence-corrected chi connectivity index (χ0v) is 42.5. The molecule has 0 saturated carbocycles. The number of hydrogen-bond donors (Lipinski definition) is 0. The van der Waals surface area contributed by atoms with Crippen LogP contribution in [0.5, 0.6) is 0 Å². The second-order valence-electron chi connectivity index (χ2n) is 17.7. The molecule has 372 valence electrons. The Bertz CT molecular complexity index is 1270. The summed E-state index contributed by atoms with van der Waals surface area (Å²) in [5.74, 6) is -0.944. The molecule has 0 aliphatic rings. The molecule has 0 rings (SSSR count). The molecule has 0 aromatic rings. The molecule has 0 aromatic heterocycles. The van der Waals surface area contributed by atoms with Crippen molar-refractivity contribution in [2.24, 2.45) is 0 Å². The van der Waals surface area contributed by atoms with Gasteiger partial charge in [0.25, 0.3) is 0 Å². The fourth-order valence-corrected chi connectivity index (χ4v) is 7.39. The number of ether oxygens (including phenoxy) is 3. The van der Waals surface area contributed by atoms with E-state index < -0.39 is 6.10 Å². The minimum Gasteiger partial charge on any atom is -0.462 e. The molecule has 1 unspecified atom stereocenters. The Balaban J connectivity index is 4.44. The lowest BCUT2D eigenvalue weighted by Gasteiger charge is -2.18. The lowest BCUT2D eigenvalue weighted by atomic mass is 10.0. The molecule has 0 amide bonds. The maximum Gasteiger partial charge on any atom is 0.306 e. The van der Waals surface area contributed by atoms with Gasteiger partial charge in [0, 0.05) is 19.3 Å². The molecule has 0 radical (unpaired) electrons. The van der Waals surface area contributed by atoms with Gasteiger partial charge >= 0.3 is 17.9 Å². The van der Waals surface area contributed by atoms with Gasteiger partial charge in [-0.1, -0.05) is 228 Å². The van der Waals surface area contributed by atoms with Crippen LogP contribution in [0.3, 0.4) is 0 Å². The molecule has 0 fully saturated rings. The predicted octanol–water partition coefficient (Wildman–Crippen LogP) is 18.0. The molecular formula is C59H100O6. The van der Waals surface area contributed by atoms with Crippen LogP contribution in [0.15, 0.2) is 85.1 Å². The fraction of sp³-hybridized carbons (Fsp3) is 0.712. The minimum atomic E-state index is -0.797. The van der Waals surface area contributed by atoms with Gasteiger partial charge < -0.3 is 14.2 Å². The van der Waals surface area contributed by atoms with Crippen molar-refractivity contribution in [1.29, 1.82) is 0 Å². The maximum absolute atomic E-state index is 12.8. The maximum atomic E-state index is 12.8. The normalized spacial score (nSPS) is 12.7. The number of unbranched alkanes of at least 4 members (excludes halogenated alkanes) is 23. The van der Waals surface area contributed by atoms with Crippen molar-refractivity contribution in [2.75, 3.05) is 13.2 Å². The Hall–Kier alpha value is -3.41. The van der Waals surface area contributed by atoms with E-state index in [4.69, 9.17) is 14.2 Å². The van der Waals surface area contributed by atoms with Crippen molar-refractivity contribution in [1.82, 2.24) is 0 Å². The molecule has 1 atom stereocenters. The first-order chi connectivity index (χ1) is 32.0. The molecule has 0 aliphatic carbocycles. The van der Waals surface area contributed by atoms with Gasteiger partial charge in [-0.2, -0.15) is 0 Å². The zero-order valence-electron chi connectivity index (χ0n) is 42.5. The summed E-state index contributed by atoms with van der Waals surface area (Å²) in [4.78, 5) is 38.0. The van der Waals surface area contributed by atoms with Crippen LogP contribution in [0, 0.1) is 0 Å². The van der Waals surface area contributed by atoms with Gasteiger partial charge in [0.2, 0.25) is 0 Å². The Morgan fingerprint density at radius 3 is 0.954 bits per heavy atom. The molecule has 0 N–H and O–H groups in total. The number of rotatable bonds is 48. The quantitative estimate of drug-likeness (QED) is 0.0262. The summed E-state index contributed by atoms with van der Waals surface area (Å²) < 4.78 is 16.8. The van der Waals surface area contributed by atoms with Crippen LogP contribution in [0.2, 0.25) is 0 Å². The van der Waals surface area contributed by atoms with Crippen molar-refractivity contribution in [3.05, 3.63) is 85.1 Å². The molecule has 6 nitrogen and oxygen atoms in total. The van der Waals surface area contributed by atoms with Gasteiger partial charge in [-0.25, -0.2) is 0 Å². The van der Waals surface area contributed by atoms with E-state index >= 15 is 0 Å². The SMILES string of the molecule is CC/C=C\C/C=C\C/C=C\C/C=C\CCCCCCC(=O)OCC(COC(=O)CCCCC/C=C\C/C=C\C/C=C\CC)OC(=O)CCCCCCCCCCCCCCCCCCC. The molecule has 0 heterocycles. The molecule has 65 heavy (non-hydrogen) atoms. The van der Waals surface area contributed by atoms with E-state index in [1.807, 2.05) is 0 Å². The van der Waals surface area contributed by atoms with E-state index in [1.54, 1.807) is 0 Å². The highest BCUT2D eigenvalue weighted by molar-refractivity contribution is 5.71. The molecule has 6 heteroatoms. The van der Waals surface area contributed by atoms with Crippen LogP contribution in [-0.2, 0) is 28.6 Å². The molecule has 0 aliphatic heterocycles. The minimum absolute atomic E-state index is 0.0975. The van der Waals surface area contributed by atoms with Gasteiger partial charge in [0.05, 0.1) is 0 Å². The predicted molar refractivity (Wildman–Crippen MR) is 279 cm³/mol. The molecule has 0 aromatic carbocycles. The van der Waals surface area contributed by atoms with Crippen molar-refractivity contribution in [2.45, 2.75) is 258 Å². The highest BCUT2D eigenvalue weighted by Crippen LogP contribution is 2.15. The van der Waals surface area contributed by atoms with Gasteiger partial charge in [-0.3, -0.25) is 14.4 Å². The van der Waals surface area contributed by atoms with Crippen molar-refractivity contribution >= 4 is 17.9 Å². The Morgan fingerprint density at radius 2 is 0.600 bits per heavy atom. The van der Waals surface area contributed by atoms with Gasteiger partial charge in [-0.05, 0) is 89.9 Å². The molecular weight excluding hydrogens is 805 g/mol. The summed E-state index contributed by atoms with van der Waals surface area (Å²) in [5, 5.41) is 0. The molecule has 0 spiro atoms. The monoisotopic (exact) mass is 905 g/mol. The highest BCUT2D eigenvalue weighted by atomic mass is 16.6. The Kier molecular flexibility index (Phi) is 50.4. The second-order valence-corrected chi connectivity index (χ2v) is 17.7. The van der Waals surface area contributed by atoms with Crippen LogP contribution < -0.4 is 0 Å². The summed E-state index contributed by atoms with van der Waals surface area (Å²) in [7, 11) is 0. The van der Waals surface area contributed by atoms with Crippen LogP contribution in [0.25, 0.3) is 0 Å². The van der Waals surface area contributed by atoms with Crippen molar-refractivity contribution < 1.29 is 28.6 Å². The van der Waals surface area contributed by atoms with Gasteiger partial charge in [-0.15, -0.1) is 0 Å². The largest absolute Gasteiger partial charge is 0.462 e. The summed E-state index contributed by atoms with van der Waals surface area (Å²) >= 11 is 0. The first-order valence-corrected chi connectivity index (χ1v) is 27.1.